The fourth-order valence-corrected chi connectivity index (χ4v) is 2.30. The first-order valence-electron chi connectivity index (χ1n) is 7.46. The number of carbonyl (C=O) groups excluding carboxylic acids is 2. The van der Waals surface area contributed by atoms with Crippen molar-refractivity contribution in [3.8, 4) is 0 Å². The lowest BCUT2D eigenvalue weighted by Gasteiger charge is -2.19. The van der Waals surface area contributed by atoms with Crippen molar-refractivity contribution < 1.29 is 19.1 Å². The van der Waals surface area contributed by atoms with Gasteiger partial charge < -0.3 is 14.5 Å². The van der Waals surface area contributed by atoms with Crippen molar-refractivity contribution in [2.24, 2.45) is 0 Å². The number of anilines is 1. The lowest BCUT2D eigenvalue weighted by Crippen LogP contribution is -2.27. The predicted molar refractivity (Wildman–Crippen MR) is 88.5 cm³/mol. The van der Waals surface area contributed by atoms with Crippen molar-refractivity contribution >= 4 is 28.8 Å². The molecule has 1 aromatic carbocycles. The third kappa shape index (κ3) is 4.48. The van der Waals surface area contributed by atoms with Crippen LogP contribution >= 0.6 is 0 Å². The van der Waals surface area contributed by atoms with E-state index in [0.717, 1.165) is 16.5 Å². The standard InChI is InChI=1S/C17H22N2O4/c1-17(2,3)23-16(21)19-15-12(9-10-14(20)22-4)11-7-5-6-8-13(11)18-15/h5-8,18H,9-10H2,1-4H3,(H,19,21). The minimum atomic E-state index is -0.581. The van der Waals surface area contributed by atoms with Gasteiger partial charge in [-0.3, -0.25) is 10.1 Å². The second-order valence-electron chi connectivity index (χ2n) is 6.23. The van der Waals surface area contributed by atoms with Crippen molar-refractivity contribution in [1.29, 1.82) is 0 Å². The Balaban J connectivity index is 2.27. The number of methoxy groups -OCH3 is 1. The summed E-state index contributed by atoms with van der Waals surface area (Å²) in [6, 6.07) is 7.67. The zero-order valence-corrected chi connectivity index (χ0v) is 13.9. The van der Waals surface area contributed by atoms with Crippen molar-refractivity contribution in [2.45, 2.75) is 39.2 Å². The zero-order valence-electron chi connectivity index (χ0n) is 13.9. The maximum atomic E-state index is 12.0. The molecule has 1 aromatic heterocycles. The first kappa shape index (κ1) is 16.9. The van der Waals surface area contributed by atoms with Gasteiger partial charge in [0.2, 0.25) is 0 Å². The van der Waals surface area contributed by atoms with Crippen LogP contribution in [0, 0.1) is 0 Å². The van der Waals surface area contributed by atoms with E-state index < -0.39 is 11.7 Å². The number of H-pyrrole nitrogens is 1. The molecule has 0 spiro atoms. The normalized spacial score (nSPS) is 11.3. The van der Waals surface area contributed by atoms with E-state index in [4.69, 9.17) is 4.74 Å². The molecule has 1 heterocycles. The third-order valence-corrected chi connectivity index (χ3v) is 3.25. The van der Waals surface area contributed by atoms with Crippen LogP contribution in [-0.4, -0.2) is 29.8 Å². The largest absolute Gasteiger partial charge is 0.469 e. The van der Waals surface area contributed by atoms with E-state index in [0.29, 0.717) is 12.2 Å². The van der Waals surface area contributed by atoms with Crippen molar-refractivity contribution in [3.63, 3.8) is 0 Å². The van der Waals surface area contributed by atoms with Crippen molar-refractivity contribution in [2.75, 3.05) is 12.4 Å². The van der Waals surface area contributed by atoms with Crippen LogP contribution in [-0.2, 0) is 20.7 Å². The summed E-state index contributed by atoms with van der Waals surface area (Å²) in [6.45, 7) is 5.40. The Morgan fingerprint density at radius 1 is 1.22 bits per heavy atom. The number of para-hydroxylation sites is 1. The number of hydrogen-bond acceptors (Lipinski definition) is 4. The van der Waals surface area contributed by atoms with Gasteiger partial charge >= 0.3 is 12.1 Å². The maximum Gasteiger partial charge on any atom is 0.413 e. The first-order chi connectivity index (χ1) is 10.8. The number of ether oxygens (including phenoxy) is 2. The van der Waals surface area contributed by atoms with E-state index in [2.05, 4.69) is 15.0 Å². The molecule has 2 aromatic rings. The average Bonchev–Trinajstić information content (AvgIpc) is 2.79. The summed E-state index contributed by atoms with van der Waals surface area (Å²) >= 11 is 0. The first-order valence-corrected chi connectivity index (χ1v) is 7.46. The van der Waals surface area contributed by atoms with E-state index >= 15 is 0 Å². The van der Waals surface area contributed by atoms with Crippen LogP contribution in [0.4, 0.5) is 10.6 Å². The SMILES string of the molecule is COC(=O)CCc1c(NC(=O)OC(C)(C)C)[nH]c2ccccc12. The molecule has 0 aliphatic heterocycles. The van der Waals surface area contributed by atoms with Crippen LogP contribution in [0.3, 0.4) is 0 Å². The van der Waals surface area contributed by atoms with Gasteiger partial charge in [-0.1, -0.05) is 18.2 Å². The van der Waals surface area contributed by atoms with Crippen molar-refractivity contribution in [3.05, 3.63) is 29.8 Å². The average molecular weight is 318 g/mol. The number of esters is 1. The van der Waals surface area contributed by atoms with E-state index in [1.54, 1.807) is 20.8 Å². The molecule has 0 aliphatic rings. The van der Waals surface area contributed by atoms with Crippen LogP contribution in [0.2, 0.25) is 0 Å². The molecule has 0 saturated carbocycles. The Labute approximate surface area is 135 Å². The number of nitrogens with one attached hydrogen (secondary N) is 2. The van der Waals surface area contributed by atoms with Crippen LogP contribution in [0.25, 0.3) is 10.9 Å². The molecule has 2 N–H and O–H groups in total. The maximum absolute atomic E-state index is 12.0. The quantitative estimate of drug-likeness (QED) is 0.844. The number of aromatic amines is 1. The highest BCUT2D eigenvalue weighted by atomic mass is 16.6. The molecule has 124 valence electrons. The Bertz CT molecular complexity index is 713. The number of benzene rings is 1. The molecule has 0 bridgehead atoms. The molecule has 0 unspecified atom stereocenters. The van der Waals surface area contributed by atoms with Crippen LogP contribution in [0.1, 0.15) is 32.8 Å². The van der Waals surface area contributed by atoms with Gasteiger partial charge in [0, 0.05) is 22.9 Å². The second kappa shape index (κ2) is 6.73. The number of rotatable bonds is 4. The van der Waals surface area contributed by atoms with E-state index in [9.17, 15) is 9.59 Å². The van der Waals surface area contributed by atoms with Gasteiger partial charge in [0.25, 0.3) is 0 Å². The number of aromatic nitrogens is 1. The molecule has 6 nitrogen and oxygen atoms in total. The van der Waals surface area contributed by atoms with E-state index in [1.165, 1.54) is 7.11 Å². The topological polar surface area (TPSA) is 80.4 Å². The van der Waals surface area contributed by atoms with Gasteiger partial charge in [-0.05, 0) is 33.3 Å². The van der Waals surface area contributed by atoms with Gasteiger partial charge in [-0.25, -0.2) is 4.79 Å². The Hall–Kier alpha value is -2.50. The minimum absolute atomic E-state index is 0.237. The zero-order chi connectivity index (χ0) is 17.0. The molecule has 23 heavy (non-hydrogen) atoms. The predicted octanol–water partition coefficient (Wildman–Crippen LogP) is 3.62. The summed E-state index contributed by atoms with van der Waals surface area (Å²) in [5.41, 5.74) is 1.16. The summed E-state index contributed by atoms with van der Waals surface area (Å²) < 4.78 is 9.96. The summed E-state index contributed by atoms with van der Waals surface area (Å²) in [7, 11) is 1.36. The van der Waals surface area contributed by atoms with E-state index in [1.807, 2.05) is 24.3 Å². The van der Waals surface area contributed by atoms with Gasteiger partial charge in [-0.15, -0.1) is 0 Å². The number of hydrogen-bond donors (Lipinski definition) is 2. The Morgan fingerprint density at radius 2 is 1.91 bits per heavy atom. The molecule has 0 aliphatic carbocycles. The second-order valence-corrected chi connectivity index (χ2v) is 6.23. The highest BCUT2D eigenvalue weighted by Gasteiger charge is 2.19. The third-order valence-electron chi connectivity index (χ3n) is 3.25. The highest BCUT2D eigenvalue weighted by molar-refractivity contribution is 5.94. The van der Waals surface area contributed by atoms with Crippen LogP contribution < -0.4 is 5.32 Å². The fourth-order valence-electron chi connectivity index (χ4n) is 2.30. The molecule has 6 heteroatoms. The highest BCUT2D eigenvalue weighted by Crippen LogP contribution is 2.28. The van der Waals surface area contributed by atoms with Crippen LogP contribution in [0.15, 0.2) is 24.3 Å². The molecular formula is C17H22N2O4. The number of amides is 1. The van der Waals surface area contributed by atoms with Gasteiger partial charge in [-0.2, -0.15) is 0 Å². The fraction of sp³-hybridized carbons (Fsp3) is 0.412. The number of aryl methyl sites for hydroxylation is 1. The molecule has 0 saturated heterocycles. The smallest absolute Gasteiger partial charge is 0.413 e. The Kier molecular flexibility index (Phi) is 4.93. The molecular weight excluding hydrogens is 296 g/mol. The summed E-state index contributed by atoms with van der Waals surface area (Å²) in [6.07, 6.45) is 0.159. The molecule has 1 amide bonds. The minimum Gasteiger partial charge on any atom is -0.469 e. The lowest BCUT2D eigenvalue weighted by molar-refractivity contribution is -0.140. The lowest BCUT2D eigenvalue weighted by atomic mass is 10.1. The molecule has 0 atom stereocenters. The summed E-state index contributed by atoms with van der Waals surface area (Å²) in [5, 5.41) is 3.69. The summed E-state index contributed by atoms with van der Waals surface area (Å²) in [4.78, 5) is 26.6. The molecule has 0 radical (unpaired) electrons. The van der Waals surface area contributed by atoms with Crippen molar-refractivity contribution in [1.82, 2.24) is 4.98 Å². The Morgan fingerprint density at radius 3 is 2.57 bits per heavy atom. The monoisotopic (exact) mass is 318 g/mol. The van der Waals surface area contributed by atoms with Gasteiger partial charge in [0.05, 0.1) is 7.11 Å². The molecule has 2 rings (SSSR count). The number of carbonyl (C=O) groups is 2. The van der Waals surface area contributed by atoms with Gasteiger partial charge in [0.15, 0.2) is 0 Å². The van der Waals surface area contributed by atoms with Gasteiger partial charge in [0.1, 0.15) is 11.4 Å². The summed E-state index contributed by atoms with van der Waals surface area (Å²) in [5.74, 6) is 0.253. The molecule has 0 fully saturated rings. The van der Waals surface area contributed by atoms with Crippen LogP contribution in [0.5, 0.6) is 0 Å². The van der Waals surface area contributed by atoms with E-state index in [-0.39, 0.29) is 12.4 Å². The number of fused-ring (bicyclic) bond motifs is 1.